The summed E-state index contributed by atoms with van der Waals surface area (Å²) in [7, 11) is 0. The monoisotopic (exact) mass is 328 g/mol. The number of nitrogens with zero attached hydrogens (tertiary/aromatic N) is 4. The fourth-order valence-corrected chi connectivity index (χ4v) is 2.93. The standard InChI is InChI=1S/C16H20N6O2/c17-14(23)11-21-8-4-13(5-9-21)22-15(3-7-19-22)20-16(24)12-2-1-6-18-10-12/h1-3,6-7,10,13H,4-5,8-9,11H2,(H2,17,23)(H,20,24). The molecule has 1 aliphatic heterocycles. The predicted molar refractivity (Wildman–Crippen MR) is 88.3 cm³/mol. The van der Waals surface area contributed by atoms with Gasteiger partial charge in [0.05, 0.1) is 24.3 Å². The molecule has 1 saturated heterocycles. The number of anilines is 1. The first-order valence-electron chi connectivity index (χ1n) is 7.89. The Balaban J connectivity index is 1.64. The Morgan fingerprint density at radius 3 is 2.71 bits per heavy atom. The van der Waals surface area contributed by atoms with Gasteiger partial charge in [0.25, 0.3) is 5.91 Å². The third-order valence-corrected chi connectivity index (χ3v) is 4.12. The first kappa shape index (κ1) is 16.1. The number of nitrogens with one attached hydrogen (secondary N) is 1. The maximum atomic E-state index is 12.3. The van der Waals surface area contributed by atoms with E-state index in [9.17, 15) is 9.59 Å². The summed E-state index contributed by atoms with van der Waals surface area (Å²) in [5.41, 5.74) is 5.74. The molecule has 2 amide bonds. The molecule has 1 aliphatic rings. The first-order chi connectivity index (χ1) is 11.6. The quantitative estimate of drug-likeness (QED) is 0.838. The molecule has 0 atom stereocenters. The third kappa shape index (κ3) is 3.77. The SMILES string of the molecule is NC(=O)CN1CCC(n2nccc2NC(=O)c2cccnc2)CC1. The summed E-state index contributed by atoms with van der Waals surface area (Å²) in [5, 5.41) is 7.23. The number of nitrogens with two attached hydrogens (primary N) is 1. The smallest absolute Gasteiger partial charge is 0.258 e. The number of aromatic nitrogens is 3. The Labute approximate surface area is 139 Å². The summed E-state index contributed by atoms with van der Waals surface area (Å²) in [4.78, 5) is 29.3. The molecule has 0 radical (unpaired) electrons. The Morgan fingerprint density at radius 2 is 2.04 bits per heavy atom. The molecule has 24 heavy (non-hydrogen) atoms. The summed E-state index contributed by atoms with van der Waals surface area (Å²) in [6.07, 6.45) is 6.53. The summed E-state index contributed by atoms with van der Waals surface area (Å²) in [5.74, 6) is 0.144. The highest BCUT2D eigenvalue weighted by molar-refractivity contribution is 6.03. The normalized spacial score (nSPS) is 16.0. The molecule has 0 unspecified atom stereocenters. The van der Waals surface area contributed by atoms with Crippen molar-refractivity contribution in [1.29, 1.82) is 0 Å². The molecule has 0 saturated carbocycles. The molecule has 3 rings (SSSR count). The molecule has 3 heterocycles. The molecule has 1 fully saturated rings. The van der Waals surface area contributed by atoms with E-state index in [1.807, 2.05) is 9.58 Å². The minimum absolute atomic E-state index is 0.188. The highest BCUT2D eigenvalue weighted by atomic mass is 16.2. The second-order valence-corrected chi connectivity index (χ2v) is 5.83. The maximum absolute atomic E-state index is 12.3. The lowest BCUT2D eigenvalue weighted by atomic mass is 10.1. The van der Waals surface area contributed by atoms with Crippen molar-refractivity contribution in [3.63, 3.8) is 0 Å². The van der Waals surface area contributed by atoms with Crippen LogP contribution in [-0.4, -0.2) is 51.1 Å². The van der Waals surface area contributed by atoms with Crippen molar-refractivity contribution in [2.45, 2.75) is 18.9 Å². The van der Waals surface area contributed by atoms with E-state index in [1.165, 1.54) is 6.20 Å². The van der Waals surface area contributed by atoms with Crippen LogP contribution < -0.4 is 11.1 Å². The van der Waals surface area contributed by atoms with Gasteiger partial charge in [0.2, 0.25) is 5.91 Å². The number of likely N-dealkylation sites (tertiary alicyclic amines) is 1. The second kappa shape index (κ2) is 7.22. The van der Waals surface area contributed by atoms with Crippen molar-refractivity contribution in [1.82, 2.24) is 19.7 Å². The second-order valence-electron chi connectivity index (χ2n) is 5.83. The zero-order valence-corrected chi connectivity index (χ0v) is 13.3. The number of pyridine rings is 1. The molecule has 8 nitrogen and oxygen atoms in total. The summed E-state index contributed by atoms with van der Waals surface area (Å²) >= 11 is 0. The Bertz CT molecular complexity index is 706. The van der Waals surface area contributed by atoms with E-state index in [0.29, 0.717) is 11.4 Å². The van der Waals surface area contributed by atoms with E-state index >= 15 is 0 Å². The van der Waals surface area contributed by atoms with Crippen molar-refractivity contribution in [2.75, 3.05) is 25.0 Å². The molecule has 2 aromatic rings. The minimum atomic E-state index is -0.308. The van der Waals surface area contributed by atoms with E-state index in [-0.39, 0.29) is 24.4 Å². The zero-order chi connectivity index (χ0) is 16.9. The number of hydrogen-bond acceptors (Lipinski definition) is 5. The fourth-order valence-electron chi connectivity index (χ4n) is 2.93. The van der Waals surface area contributed by atoms with Crippen LogP contribution in [0.2, 0.25) is 0 Å². The average molecular weight is 328 g/mol. The Hall–Kier alpha value is -2.74. The van der Waals surface area contributed by atoms with E-state index in [1.54, 1.807) is 30.6 Å². The van der Waals surface area contributed by atoms with Crippen LogP contribution in [0.4, 0.5) is 5.82 Å². The maximum Gasteiger partial charge on any atom is 0.258 e. The van der Waals surface area contributed by atoms with Gasteiger partial charge in [0.1, 0.15) is 5.82 Å². The predicted octanol–water partition coefficient (Wildman–Crippen LogP) is 0.653. The van der Waals surface area contributed by atoms with Gasteiger partial charge >= 0.3 is 0 Å². The Morgan fingerprint density at radius 1 is 1.25 bits per heavy atom. The molecule has 0 bridgehead atoms. The van der Waals surface area contributed by atoms with Crippen LogP contribution in [0.3, 0.4) is 0 Å². The Kier molecular flexibility index (Phi) is 4.85. The number of piperidine rings is 1. The number of carbonyl (C=O) groups is 2. The number of primary amides is 1. The molecular weight excluding hydrogens is 308 g/mol. The topological polar surface area (TPSA) is 106 Å². The van der Waals surface area contributed by atoms with E-state index in [2.05, 4.69) is 15.4 Å². The van der Waals surface area contributed by atoms with E-state index < -0.39 is 0 Å². The first-order valence-corrected chi connectivity index (χ1v) is 7.89. The molecule has 2 aromatic heterocycles. The third-order valence-electron chi connectivity index (χ3n) is 4.12. The van der Waals surface area contributed by atoms with E-state index in [4.69, 9.17) is 5.73 Å². The van der Waals surface area contributed by atoms with Crippen LogP contribution in [0.5, 0.6) is 0 Å². The molecule has 0 aromatic carbocycles. The number of rotatable bonds is 5. The van der Waals surface area contributed by atoms with Gasteiger partial charge in [0.15, 0.2) is 0 Å². The van der Waals surface area contributed by atoms with Crippen molar-refractivity contribution in [3.8, 4) is 0 Å². The van der Waals surface area contributed by atoms with E-state index in [0.717, 1.165) is 25.9 Å². The van der Waals surface area contributed by atoms with Crippen LogP contribution in [0, 0.1) is 0 Å². The van der Waals surface area contributed by atoms with Gasteiger partial charge in [-0.25, -0.2) is 4.68 Å². The summed E-state index contributed by atoms with van der Waals surface area (Å²) < 4.78 is 1.84. The number of carbonyl (C=O) groups excluding carboxylic acids is 2. The molecule has 8 heteroatoms. The number of hydrogen-bond donors (Lipinski definition) is 2. The molecular formula is C16H20N6O2. The van der Waals surface area contributed by atoms with Crippen LogP contribution in [0.15, 0.2) is 36.8 Å². The summed E-state index contributed by atoms with van der Waals surface area (Å²) in [6, 6.07) is 5.41. The van der Waals surface area contributed by atoms with Gasteiger partial charge in [-0.1, -0.05) is 0 Å². The molecule has 3 N–H and O–H groups in total. The highest BCUT2D eigenvalue weighted by Crippen LogP contribution is 2.25. The van der Waals surface area contributed by atoms with Gasteiger partial charge in [-0.2, -0.15) is 5.10 Å². The minimum Gasteiger partial charge on any atom is -0.369 e. The van der Waals surface area contributed by atoms with Crippen LogP contribution in [0.1, 0.15) is 29.2 Å². The van der Waals surface area contributed by atoms with Crippen molar-refractivity contribution in [2.24, 2.45) is 5.73 Å². The zero-order valence-electron chi connectivity index (χ0n) is 13.3. The highest BCUT2D eigenvalue weighted by Gasteiger charge is 2.24. The largest absolute Gasteiger partial charge is 0.369 e. The van der Waals surface area contributed by atoms with Gasteiger partial charge < -0.3 is 11.1 Å². The number of amides is 2. The van der Waals surface area contributed by atoms with Crippen LogP contribution in [0.25, 0.3) is 0 Å². The van der Waals surface area contributed by atoms with Gasteiger partial charge in [-0.3, -0.25) is 19.5 Å². The molecule has 0 aliphatic carbocycles. The lowest BCUT2D eigenvalue weighted by Crippen LogP contribution is -2.40. The summed E-state index contributed by atoms with van der Waals surface area (Å²) in [6.45, 7) is 1.85. The van der Waals surface area contributed by atoms with Crippen LogP contribution in [-0.2, 0) is 4.79 Å². The van der Waals surface area contributed by atoms with Crippen molar-refractivity contribution < 1.29 is 9.59 Å². The lowest BCUT2D eigenvalue weighted by Gasteiger charge is -2.31. The molecule has 126 valence electrons. The van der Waals surface area contributed by atoms with Gasteiger partial charge in [-0.05, 0) is 25.0 Å². The van der Waals surface area contributed by atoms with Crippen LogP contribution >= 0.6 is 0 Å². The fraction of sp³-hybridized carbons (Fsp3) is 0.375. The molecule has 0 spiro atoms. The lowest BCUT2D eigenvalue weighted by molar-refractivity contribution is -0.119. The van der Waals surface area contributed by atoms with Gasteiger partial charge in [0, 0.05) is 31.5 Å². The van der Waals surface area contributed by atoms with Crippen molar-refractivity contribution in [3.05, 3.63) is 42.4 Å². The van der Waals surface area contributed by atoms with Gasteiger partial charge in [-0.15, -0.1) is 0 Å². The average Bonchev–Trinajstić information content (AvgIpc) is 3.04. The van der Waals surface area contributed by atoms with Crippen molar-refractivity contribution >= 4 is 17.6 Å².